The highest BCUT2D eigenvalue weighted by atomic mass is 32.3. The second-order valence-corrected chi connectivity index (χ2v) is 7.66. The summed E-state index contributed by atoms with van der Waals surface area (Å²) in [4.78, 5) is 0. The molecule has 1 unspecified atom stereocenters. The molecule has 1 saturated heterocycles. The molecule has 0 aromatic carbocycles. The number of hydrogen-bond acceptors (Lipinski definition) is 3. The van der Waals surface area contributed by atoms with Crippen LogP contribution in [0.2, 0.25) is 0 Å². The van der Waals surface area contributed by atoms with E-state index in [1.807, 2.05) is 6.92 Å². The topological polar surface area (TPSA) is 51.2 Å². The molecule has 0 aromatic heterocycles. The lowest BCUT2D eigenvalue weighted by molar-refractivity contribution is 0.573. The van der Waals surface area contributed by atoms with Crippen molar-refractivity contribution in [3.8, 4) is 0 Å². The van der Waals surface area contributed by atoms with Crippen LogP contribution in [0, 0.1) is 0 Å². The Kier molecular flexibility index (Phi) is 2.39. The van der Waals surface area contributed by atoms with E-state index in [9.17, 15) is 12.6 Å². The Morgan fingerprint density at radius 2 is 1.91 bits per heavy atom. The first kappa shape index (κ1) is 9.19. The van der Waals surface area contributed by atoms with Crippen molar-refractivity contribution >= 4 is 20.6 Å². The highest BCUT2D eigenvalue weighted by Gasteiger charge is 2.33. The highest BCUT2D eigenvalue weighted by molar-refractivity contribution is 8.06. The summed E-state index contributed by atoms with van der Waals surface area (Å²) in [6.07, 6.45) is 0.537. The molecule has 0 aliphatic carbocycles. The Morgan fingerprint density at radius 1 is 1.36 bits per heavy atom. The quantitative estimate of drug-likeness (QED) is 0.559. The number of hydrogen-bond donors (Lipinski definition) is 0. The minimum atomic E-state index is -3.04. The van der Waals surface area contributed by atoms with Gasteiger partial charge in [-0.2, -0.15) is 0 Å². The summed E-state index contributed by atoms with van der Waals surface area (Å²) in [5.74, 6) is 0. The van der Waals surface area contributed by atoms with Crippen LogP contribution in [0.1, 0.15) is 20.3 Å². The van der Waals surface area contributed by atoms with Crippen LogP contribution >= 0.6 is 0 Å². The molecule has 1 aliphatic heterocycles. The van der Waals surface area contributed by atoms with E-state index in [1.165, 1.54) is 0 Å². The summed E-state index contributed by atoms with van der Waals surface area (Å²) in [6, 6.07) is 0. The van der Waals surface area contributed by atoms with Crippen LogP contribution in [0.5, 0.6) is 0 Å². The van der Waals surface area contributed by atoms with Crippen LogP contribution in [0.25, 0.3) is 0 Å². The molecular formula is C6H12O3S2. The maximum atomic E-state index is 11.1. The Balaban J connectivity index is 2.88. The lowest BCUT2D eigenvalue weighted by Crippen LogP contribution is -2.36. The molecule has 66 valence electrons. The Hall–Kier alpha value is 0.1000. The summed E-state index contributed by atoms with van der Waals surface area (Å²) in [5, 5.41) is -0.418. The van der Waals surface area contributed by atoms with Crippen molar-refractivity contribution in [1.82, 2.24) is 0 Å². The molecule has 0 radical (unpaired) electrons. The smallest absolute Gasteiger partial charge is 0.164 e. The van der Waals surface area contributed by atoms with Gasteiger partial charge in [-0.15, -0.1) is 0 Å². The summed E-state index contributed by atoms with van der Waals surface area (Å²) in [6.45, 7) is 3.52. The van der Waals surface area contributed by atoms with Gasteiger partial charge >= 0.3 is 0 Å². The SMILES string of the molecule is C[C@@H]1C[C@H](C)S(=O)CS1(=O)=O. The van der Waals surface area contributed by atoms with Crippen molar-refractivity contribution in [1.29, 1.82) is 0 Å². The fourth-order valence-corrected chi connectivity index (χ4v) is 5.48. The zero-order valence-electron chi connectivity index (χ0n) is 6.61. The van der Waals surface area contributed by atoms with Crippen LogP contribution in [-0.4, -0.2) is 28.2 Å². The molecule has 0 saturated carbocycles. The van der Waals surface area contributed by atoms with Crippen molar-refractivity contribution in [2.45, 2.75) is 30.8 Å². The van der Waals surface area contributed by atoms with Gasteiger partial charge in [0, 0.05) is 16.0 Å². The Bertz CT molecular complexity index is 268. The monoisotopic (exact) mass is 196 g/mol. The first-order valence-corrected chi connectivity index (χ1v) is 6.62. The summed E-state index contributed by atoms with van der Waals surface area (Å²) >= 11 is 0. The fourth-order valence-electron chi connectivity index (χ4n) is 1.12. The largest absolute Gasteiger partial charge is 0.258 e. The van der Waals surface area contributed by atoms with Gasteiger partial charge in [0.1, 0.15) is 5.08 Å². The molecule has 0 bridgehead atoms. The zero-order chi connectivity index (χ0) is 8.65. The van der Waals surface area contributed by atoms with Gasteiger partial charge < -0.3 is 0 Å². The minimum Gasteiger partial charge on any atom is -0.258 e. The molecular weight excluding hydrogens is 184 g/mol. The van der Waals surface area contributed by atoms with Crippen LogP contribution in [0.4, 0.5) is 0 Å². The summed E-state index contributed by atoms with van der Waals surface area (Å²) < 4.78 is 33.4. The van der Waals surface area contributed by atoms with Crippen LogP contribution < -0.4 is 0 Å². The molecule has 3 nitrogen and oxygen atoms in total. The molecule has 0 spiro atoms. The van der Waals surface area contributed by atoms with E-state index in [2.05, 4.69) is 0 Å². The van der Waals surface area contributed by atoms with Crippen molar-refractivity contribution in [3.05, 3.63) is 0 Å². The number of rotatable bonds is 0. The molecule has 1 aliphatic rings. The predicted octanol–water partition coefficient (Wildman–Crippen LogP) is 0.288. The second-order valence-electron chi connectivity index (χ2n) is 3.02. The lowest BCUT2D eigenvalue weighted by Gasteiger charge is -2.23. The lowest BCUT2D eigenvalue weighted by atomic mass is 10.3. The fraction of sp³-hybridized carbons (Fsp3) is 1.00. The maximum absolute atomic E-state index is 11.1. The predicted molar refractivity (Wildman–Crippen MR) is 45.5 cm³/mol. The third kappa shape index (κ3) is 1.82. The van der Waals surface area contributed by atoms with E-state index >= 15 is 0 Å². The van der Waals surface area contributed by atoms with E-state index in [1.54, 1.807) is 6.92 Å². The Morgan fingerprint density at radius 3 is 2.36 bits per heavy atom. The molecule has 0 amide bonds. The molecule has 1 heterocycles. The van der Waals surface area contributed by atoms with Crippen molar-refractivity contribution in [3.63, 3.8) is 0 Å². The van der Waals surface area contributed by atoms with Crippen LogP contribution in [0.3, 0.4) is 0 Å². The van der Waals surface area contributed by atoms with Gasteiger partial charge in [-0.1, -0.05) is 6.92 Å². The van der Waals surface area contributed by atoms with Crippen molar-refractivity contribution in [2.75, 3.05) is 5.08 Å². The van der Waals surface area contributed by atoms with Crippen molar-refractivity contribution < 1.29 is 12.6 Å². The van der Waals surface area contributed by atoms with Crippen LogP contribution in [-0.2, 0) is 20.6 Å². The average Bonchev–Trinajstić information content (AvgIpc) is 1.83. The molecule has 1 fully saturated rings. The van der Waals surface area contributed by atoms with Gasteiger partial charge in [0.05, 0.1) is 5.25 Å². The van der Waals surface area contributed by atoms with Gasteiger partial charge in [-0.05, 0) is 13.3 Å². The Labute approximate surface area is 69.6 Å². The first-order valence-electron chi connectivity index (χ1n) is 3.52. The minimum absolute atomic E-state index is 0.0357. The van der Waals surface area contributed by atoms with E-state index in [-0.39, 0.29) is 15.6 Å². The van der Waals surface area contributed by atoms with Gasteiger partial charge in [0.15, 0.2) is 9.84 Å². The molecule has 5 heteroatoms. The second kappa shape index (κ2) is 2.86. The normalized spacial score (nSPS) is 43.6. The molecule has 3 atom stereocenters. The number of sulfone groups is 1. The summed E-state index contributed by atoms with van der Waals surface area (Å²) in [7, 11) is -4.21. The van der Waals surface area contributed by atoms with Crippen LogP contribution in [0.15, 0.2) is 0 Å². The van der Waals surface area contributed by atoms with E-state index < -0.39 is 20.6 Å². The van der Waals surface area contributed by atoms with Gasteiger partial charge in [-0.3, -0.25) is 4.21 Å². The molecule has 0 aromatic rings. The molecule has 11 heavy (non-hydrogen) atoms. The molecule has 1 rings (SSSR count). The third-order valence-corrected chi connectivity index (χ3v) is 6.76. The third-order valence-electron chi connectivity index (χ3n) is 2.01. The van der Waals surface area contributed by atoms with E-state index in [4.69, 9.17) is 0 Å². The van der Waals surface area contributed by atoms with Gasteiger partial charge in [-0.25, -0.2) is 8.42 Å². The molecule has 0 N–H and O–H groups in total. The van der Waals surface area contributed by atoms with Gasteiger partial charge in [0.2, 0.25) is 0 Å². The standard InChI is InChI=1S/C6H12O3S2/c1-5-3-6(2)11(8,9)4-10(5)7/h5-6H,3-4H2,1-2H3/t5-,6+,10?/m0/s1. The summed E-state index contributed by atoms with van der Waals surface area (Å²) in [5.41, 5.74) is 0. The average molecular weight is 196 g/mol. The van der Waals surface area contributed by atoms with E-state index in [0.717, 1.165) is 0 Å². The van der Waals surface area contributed by atoms with Gasteiger partial charge in [0.25, 0.3) is 0 Å². The first-order chi connectivity index (χ1) is 4.93. The van der Waals surface area contributed by atoms with Crippen molar-refractivity contribution in [2.24, 2.45) is 0 Å². The van der Waals surface area contributed by atoms with E-state index in [0.29, 0.717) is 6.42 Å². The highest BCUT2D eigenvalue weighted by Crippen LogP contribution is 2.20. The zero-order valence-corrected chi connectivity index (χ0v) is 8.24. The maximum Gasteiger partial charge on any atom is 0.164 e.